The van der Waals surface area contributed by atoms with Gasteiger partial charge >= 0.3 is 0 Å². The predicted molar refractivity (Wildman–Crippen MR) is 87.9 cm³/mol. The molecule has 0 radical (unpaired) electrons. The first-order chi connectivity index (χ1) is 9.65. The molecule has 0 heterocycles. The Morgan fingerprint density at radius 2 is 1.85 bits per heavy atom. The molecule has 1 atom stereocenters. The first kappa shape index (κ1) is 17.3. The highest BCUT2D eigenvalue weighted by Gasteiger charge is 2.20. The highest BCUT2D eigenvalue weighted by atomic mass is 35.5. The topological polar surface area (TPSA) is 21.3 Å². The average Bonchev–Trinajstić information content (AvgIpc) is 2.45. The molecule has 0 spiro atoms. The number of hydrogen-bond donors (Lipinski definition) is 1. The number of methoxy groups -OCH3 is 1. The Labute approximate surface area is 128 Å². The fourth-order valence-corrected chi connectivity index (χ4v) is 3.13. The summed E-state index contributed by atoms with van der Waals surface area (Å²) in [5.41, 5.74) is 1.19. The highest BCUT2D eigenvalue weighted by molar-refractivity contribution is 6.30. The Morgan fingerprint density at radius 1 is 1.20 bits per heavy atom. The van der Waals surface area contributed by atoms with Crippen LogP contribution >= 0.6 is 11.6 Å². The molecular weight excluding hydrogens is 270 g/mol. The van der Waals surface area contributed by atoms with Crippen LogP contribution in [0.15, 0.2) is 18.2 Å². The van der Waals surface area contributed by atoms with Crippen molar-refractivity contribution in [2.75, 3.05) is 14.2 Å². The molecule has 0 bridgehead atoms. The van der Waals surface area contributed by atoms with E-state index in [1.54, 1.807) is 7.11 Å². The van der Waals surface area contributed by atoms with Crippen LogP contribution in [0.5, 0.6) is 5.75 Å². The normalized spacial score (nSPS) is 12.7. The predicted octanol–water partition coefficient (Wildman–Crippen LogP) is 4.70. The first-order valence-corrected chi connectivity index (χ1v) is 8.03. The smallest absolute Gasteiger partial charge is 0.122 e. The average molecular weight is 298 g/mol. The molecular formula is C17H28ClNO. The fourth-order valence-electron chi connectivity index (χ4n) is 2.94. The standard InChI is InChI=1S/C17H28ClNO/c1-5-7-13(8-6-2)16(19-3)12-14-11-15(18)9-10-17(14)20-4/h9-11,13,16,19H,5-8,12H2,1-4H3. The SMILES string of the molecule is CCCC(CCC)C(Cc1cc(Cl)ccc1OC)NC. The molecule has 1 aromatic carbocycles. The number of hydrogen-bond acceptors (Lipinski definition) is 2. The van der Waals surface area contributed by atoms with Crippen molar-refractivity contribution < 1.29 is 4.74 Å². The van der Waals surface area contributed by atoms with Crippen molar-refractivity contribution in [3.8, 4) is 5.75 Å². The molecule has 2 nitrogen and oxygen atoms in total. The number of likely N-dealkylation sites (N-methyl/N-ethyl adjacent to an activating group) is 1. The van der Waals surface area contributed by atoms with Crippen LogP contribution in [0.1, 0.15) is 45.1 Å². The maximum atomic E-state index is 6.13. The summed E-state index contributed by atoms with van der Waals surface area (Å²) >= 11 is 6.13. The van der Waals surface area contributed by atoms with Gasteiger partial charge in [0.15, 0.2) is 0 Å². The van der Waals surface area contributed by atoms with Crippen molar-refractivity contribution in [1.82, 2.24) is 5.32 Å². The van der Waals surface area contributed by atoms with Gasteiger partial charge < -0.3 is 10.1 Å². The molecule has 114 valence electrons. The van der Waals surface area contributed by atoms with Gasteiger partial charge in [0.05, 0.1) is 7.11 Å². The van der Waals surface area contributed by atoms with Crippen molar-refractivity contribution in [1.29, 1.82) is 0 Å². The molecule has 0 aliphatic rings. The lowest BCUT2D eigenvalue weighted by Crippen LogP contribution is -2.35. The Kier molecular flexibility index (Phi) is 8.01. The van der Waals surface area contributed by atoms with E-state index in [1.165, 1.54) is 31.2 Å². The minimum atomic E-state index is 0.474. The molecule has 0 saturated heterocycles. The molecule has 0 aliphatic heterocycles. The molecule has 20 heavy (non-hydrogen) atoms. The molecule has 0 saturated carbocycles. The fraction of sp³-hybridized carbons (Fsp3) is 0.647. The summed E-state index contributed by atoms with van der Waals surface area (Å²) in [5.74, 6) is 1.64. The van der Waals surface area contributed by atoms with Gasteiger partial charge in [-0.3, -0.25) is 0 Å². The summed E-state index contributed by atoms with van der Waals surface area (Å²) in [6, 6.07) is 6.34. The zero-order valence-electron chi connectivity index (χ0n) is 13.2. The van der Waals surface area contributed by atoms with Gasteiger partial charge in [0.25, 0.3) is 0 Å². The summed E-state index contributed by atoms with van der Waals surface area (Å²) < 4.78 is 5.46. The Bertz CT molecular complexity index is 389. The van der Waals surface area contributed by atoms with Gasteiger partial charge in [0, 0.05) is 11.1 Å². The summed E-state index contributed by atoms with van der Waals surface area (Å²) in [6.45, 7) is 4.52. The van der Waals surface area contributed by atoms with E-state index in [1.807, 2.05) is 18.2 Å². The maximum Gasteiger partial charge on any atom is 0.122 e. The third-order valence-electron chi connectivity index (χ3n) is 3.94. The number of halogens is 1. The second kappa shape index (κ2) is 9.25. The molecule has 1 N–H and O–H groups in total. The van der Waals surface area contributed by atoms with E-state index in [-0.39, 0.29) is 0 Å². The van der Waals surface area contributed by atoms with E-state index in [0.29, 0.717) is 12.0 Å². The van der Waals surface area contributed by atoms with E-state index >= 15 is 0 Å². The minimum Gasteiger partial charge on any atom is -0.496 e. The molecule has 0 amide bonds. The van der Waals surface area contributed by atoms with Crippen LogP contribution in [0.2, 0.25) is 5.02 Å². The Hall–Kier alpha value is -0.730. The highest BCUT2D eigenvalue weighted by Crippen LogP contribution is 2.27. The van der Waals surface area contributed by atoms with Crippen LogP contribution in [0.3, 0.4) is 0 Å². The lowest BCUT2D eigenvalue weighted by molar-refractivity contribution is 0.318. The van der Waals surface area contributed by atoms with Gasteiger partial charge in [0.2, 0.25) is 0 Å². The zero-order valence-corrected chi connectivity index (χ0v) is 14.0. The summed E-state index contributed by atoms with van der Waals surface area (Å²) in [4.78, 5) is 0. The molecule has 1 aromatic rings. The van der Waals surface area contributed by atoms with E-state index in [9.17, 15) is 0 Å². The lowest BCUT2D eigenvalue weighted by Gasteiger charge is -2.27. The monoisotopic (exact) mass is 297 g/mol. The minimum absolute atomic E-state index is 0.474. The van der Waals surface area contributed by atoms with Crippen molar-refractivity contribution in [2.24, 2.45) is 5.92 Å². The number of rotatable bonds is 9. The summed E-state index contributed by atoms with van der Waals surface area (Å²) in [6.07, 6.45) is 5.96. The van der Waals surface area contributed by atoms with E-state index < -0.39 is 0 Å². The molecule has 0 fully saturated rings. The summed E-state index contributed by atoms with van der Waals surface area (Å²) in [5, 5.41) is 4.27. The van der Waals surface area contributed by atoms with E-state index in [4.69, 9.17) is 16.3 Å². The van der Waals surface area contributed by atoms with Crippen LogP contribution in [-0.2, 0) is 6.42 Å². The third-order valence-corrected chi connectivity index (χ3v) is 4.18. The van der Waals surface area contributed by atoms with Gasteiger partial charge in [-0.25, -0.2) is 0 Å². The molecule has 3 heteroatoms. The second-order valence-corrected chi connectivity index (χ2v) is 5.83. The Morgan fingerprint density at radius 3 is 2.35 bits per heavy atom. The molecule has 0 aliphatic carbocycles. The largest absolute Gasteiger partial charge is 0.496 e. The van der Waals surface area contributed by atoms with Gasteiger partial charge in [0.1, 0.15) is 5.75 Å². The first-order valence-electron chi connectivity index (χ1n) is 7.65. The number of nitrogens with one attached hydrogen (secondary N) is 1. The lowest BCUT2D eigenvalue weighted by atomic mass is 9.86. The maximum absolute atomic E-state index is 6.13. The van der Waals surface area contributed by atoms with E-state index in [2.05, 4.69) is 26.2 Å². The van der Waals surface area contributed by atoms with Crippen LogP contribution in [0, 0.1) is 5.92 Å². The van der Waals surface area contributed by atoms with Gasteiger partial charge in [-0.1, -0.05) is 38.3 Å². The zero-order chi connectivity index (χ0) is 15.0. The van der Waals surface area contributed by atoms with Crippen molar-refractivity contribution in [3.05, 3.63) is 28.8 Å². The summed E-state index contributed by atoms with van der Waals surface area (Å²) in [7, 11) is 3.77. The number of ether oxygens (including phenoxy) is 1. The van der Waals surface area contributed by atoms with Gasteiger partial charge in [-0.2, -0.15) is 0 Å². The molecule has 1 rings (SSSR count). The molecule has 1 unspecified atom stereocenters. The van der Waals surface area contributed by atoms with Crippen LogP contribution in [0.4, 0.5) is 0 Å². The van der Waals surface area contributed by atoms with Crippen molar-refractivity contribution in [3.63, 3.8) is 0 Å². The van der Waals surface area contributed by atoms with Crippen molar-refractivity contribution >= 4 is 11.6 Å². The van der Waals surface area contributed by atoms with Gasteiger partial charge in [-0.05, 0) is 56.0 Å². The van der Waals surface area contributed by atoms with Gasteiger partial charge in [-0.15, -0.1) is 0 Å². The second-order valence-electron chi connectivity index (χ2n) is 5.39. The quantitative estimate of drug-likeness (QED) is 0.713. The van der Waals surface area contributed by atoms with Crippen molar-refractivity contribution in [2.45, 2.75) is 52.0 Å². The van der Waals surface area contributed by atoms with E-state index in [0.717, 1.165) is 17.2 Å². The Balaban J connectivity index is 2.88. The van der Waals surface area contributed by atoms with Crippen LogP contribution in [-0.4, -0.2) is 20.2 Å². The van der Waals surface area contributed by atoms with Crippen LogP contribution < -0.4 is 10.1 Å². The molecule has 0 aromatic heterocycles. The number of benzene rings is 1. The third kappa shape index (κ3) is 4.99. The van der Waals surface area contributed by atoms with Crippen LogP contribution in [0.25, 0.3) is 0 Å².